The van der Waals surface area contributed by atoms with E-state index in [1.165, 1.54) is 13.3 Å². The van der Waals surface area contributed by atoms with E-state index in [0.717, 1.165) is 4.52 Å². The van der Waals surface area contributed by atoms with Crippen LogP contribution in [0.5, 0.6) is 5.88 Å². The van der Waals surface area contributed by atoms with Gasteiger partial charge in [-0.25, -0.2) is 0 Å². The highest BCUT2D eigenvalue weighted by atomic mass is 16.3. The van der Waals surface area contributed by atoms with E-state index in [1.54, 1.807) is 0 Å². The fraction of sp³-hybridized carbons (Fsp3) is 0.167. The lowest BCUT2D eigenvalue weighted by atomic mass is 10.4. The normalized spacial score (nSPS) is 10.8. The van der Waals surface area contributed by atoms with Gasteiger partial charge in [0.05, 0.1) is 5.56 Å². The van der Waals surface area contributed by atoms with Crippen molar-refractivity contribution in [3.8, 4) is 5.88 Å². The highest BCUT2D eigenvalue weighted by molar-refractivity contribution is 5.33. The zero-order chi connectivity index (χ0) is 8.72. The topological polar surface area (TPSA) is 83.3 Å². The van der Waals surface area contributed by atoms with Crippen LogP contribution in [0.2, 0.25) is 0 Å². The zero-order valence-corrected chi connectivity index (χ0v) is 6.27. The molecule has 12 heavy (non-hydrogen) atoms. The molecule has 6 nitrogen and oxygen atoms in total. The lowest BCUT2D eigenvalue weighted by Gasteiger charge is -1.97. The van der Waals surface area contributed by atoms with Crippen LogP contribution in [0.15, 0.2) is 11.1 Å². The van der Waals surface area contributed by atoms with Gasteiger partial charge in [0.1, 0.15) is 6.33 Å². The standard InChI is InChI=1S/C6H6N4O2/c1-3-4(11)9-6-7-2-8-10(6)5(3)12/h2,12H,1H3,(H,7,8,9,11). The molecule has 0 spiro atoms. The highest BCUT2D eigenvalue weighted by Gasteiger charge is 2.07. The maximum atomic E-state index is 11.1. The maximum absolute atomic E-state index is 11.1. The summed E-state index contributed by atoms with van der Waals surface area (Å²) in [5.74, 6) is 0.0642. The second kappa shape index (κ2) is 2.07. The second-order valence-electron chi connectivity index (χ2n) is 2.40. The summed E-state index contributed by atoms with van der Waals surface area (Å²) in [5.41, 5.74) is -0.124. The van der Waals surface area contributed by atoms with Gasteiger partial charge in [0, 0.05) is 0 Å². The molecule has 2 N–H and O–H groups in total. The summed E-state index contributed by atoms with van der Waals surface area (Å²) in [7, 11) is 0. The molecule has 0 radical (unpaired) electrons. The molecule has 0 saturated heterocycles. The molecule has 0 fully saturated rings. The van der Waals surface area contributed by atoms with Gasteiger partial charge in [0.2, 0.25) is 11.7 Å². The van der Waals surface area contributed by atoms with Crippen LogP contribution in [0.25, 0.3) is 5.78 Å². The Morgan fingerprint density at radius 2 is 2.42 bits per heavy atom. The minimum atomic E-state index is -0.354. The number of rotatable bonds is 0. The number of aromatic amines is 1. The molecule has 0 unspecified atom stereocenters. The predicted molar refractivity (Wildman–Crippen MR) is 40.0 cm³/mol. The minimum absolute atomic E-state index is 0.175. The Morgan fingerprint density at radius 3 is 3.17 bits per heavy atom. The number of nitrogens with one attached hydrogen (secondary N) is 1. The Kier molecular flexibility index (Phi) is 1.18. The number of hydrogen-bond donors (Lipinski definition) is 2. The average molecular weight is 166 g/mol. The Hall–Kier alpha value is -1.85. The van der Waals surface area contributed by atoms with Gasteiger partial charge >= 0.3 is 0 Å². The van der Waals surface area contributed by atoms with E-state index in [9.17, 15) is 9.90 Å². The number of aromatic nitrogens is 4. The molecule has 0 saturated carbocycles. The zero-order valence-electron chi connectivity index (χ0n) is 6.27. The summed E-state index contributed by atoms with van der Waals surface area (Å²) < 4.78 is 1.16. The van der Waals surface area contributed by atoms with Gasteiger partial charge in [-0.2, -0.15) is 14.6 Å². The number of H-pyrrole nitrogens is 1. The van der Waals surface area contributed by atoms with Crippen LogP contribution in [0, 0.1) is 6.92 Å². The van der Waals surface area contributed by atoms with Crippen molar-refractivity contribution in [2.45, 2.75) is 6.92 Å². The van der Waals surface area contributed by atoms with Crippen LogP contribution in [-0.4, -0.2) is 24.7 Å². The van der Waals surface area contributed by atoms with Crippen molar-refractivity contribution in [2.24, 2.45) is 0 Å². The molecule has 0 aromatic carbocycles. The SMILES string of the molecule is Cc1c(O)n2ncnc2[nH]c1=O. The van der Waals surface area contributed by atoms with E-state index in [4.69, 9.17) is 0 Å². The molecule has 2 aromatic rings. The van der Waals surface area contributed by atoms with Gasteiger partial charge in [0.15, 0.2) is 0 Å². The molecule has 0 aliphatic carbocycles. The van der Waals surface area contributed by atoms with E-state index >= 15 is 0 Å². The van der Waals surface area contributed by atoms with Crippen LogP contribution < -0.4 is 5.56 Å². The van der Waals surface area contributed by atoms with Gasteiger partial charge in [0.25, 0.3) is 5.56 Å². The molecule has 62 valence electrons. The van der Waals surface area contributed by atoms with Crippen LogP contribution in [0.4, 0.5) is 0 Å². The number of hydrogen-bond acceptors (Lipinski definition) is 4. The van der Waals surface area contributed by atoms with Crippen molar-refractivity contribution >= 4 is 5.78 Å². The fourth-order valence-electron chi connectivity index (χ4n) is 0.937. The summed E-state index contributed by atoms with van der Waals surface area (Å²) in [6.45, 7) is 1.51. The summed E-state index contributed by atoms with van der Waals surface area (Å²) in [5, 5.41) is 13.1. The first-order valence-electron chi connectivity index (χ1n) is 3.31. The smallest absolute Gasteiger partial charge is 0.259 e. The molecule has 6 heteroatoms. The Balaban J connectivity index is 3.04. The van der Waals surface area contributed by atoms with E-state index in [1.807, 2.05) is 0 Å². The van der Waals surface area contributed by atoms with Crippen LogP contribution in [0.3, 0.4) is 0 Å². The lowest BCUT2D eigenvalue weighted by molar-refractivity contribution is 0.429. The van der Waals surface area contributed by atoms with Gasteiger partial charge < -0.3 is 5.11 Å². The van der Waals surface area contributed by atoms with E-state index < -0.39 is 0 Å². The van der Waals surface area contributed by atoms with E-state index in [0.29, 0.717) is 0 Å². The van der Waals surface area contributed by atoms with Crippen molar-refractivity contribution in [3.63, 3.8) is 0 Å². The third-order valence-electron chi connectivity index (χ3n) is 1.65. The molecular formula is C6H6N4O2. The predicted octanol–water partition coefficient (Wildman–Crippen LogP) is -0.568. The first-order valence-corrected chi connectivity index (χ1v) is 3.31. The Morgan fingerprint density at radius 1 is 1.67 bits per heavy atom. The average Bonchev–Trinajstić information content (AvgIpc) is 2.48. The van der Waals surface area contributed by atoms with Crippen LogP contribution in [-0.2, 0) is 0 Å². The van der Waals surface area contributed by atoms with Gasteiger partial charge in [-0.05, 0) is 6.92 Å². The molecule has 0 aliphatic rings. The first kappa shape index (κ1) is 6.84. The summed E-state index contributed by atoms with van der Waals surface area (Å²) >= 11 is 0. The van der Waals surface area contributed by atoms with Gasteiger partial charge in [-0.15, -0.1) is 0 Å². The lowest BCUT2D eigenvalue weighted by Crippen LogP contribution is -2.12. The molecule has 2 heterocycles. The molecule has 0 atom stereocenters. The van der Waals surface area contributed by atoms with Crippen LogP contribution in [0.1, 0.15) is 5.56 Å². The fourth-order valence-corrected chi connectivity index (χ4v) is 0.937. The Labute approximate surface area is 66.5 Å². The largest absolute Gasteiger partial charge is 0.493 e. The number of fused-ring (bicyclic) bond motifs is 1. The van der Waals surface area contributed by atoms with Crippen molar-refractivity contribution in [1.82, 2.24) is 19.6 Å². The summed E-state index contributed by atoms with van der Waals surface area (Å²) in [6, 6.07) is 0. The second-order valence-corrected chi connectivity index (χ2v) is 2.40. The summed E-state index contributed by atoms with van der Waals surface area (Å²) in [6.07, 6.45) is 1.25. The molecule has 2 aromatic heterocycles. The van der Waals surface area contributed by atoms with E-state index in [2.05, 4.69) is 15.1 Å². The molecule has 2 rings (SSSR count). The van der Waals surface area contributed by atoms with Gasteiger partial charge in [-0.1, -0.05) is 0 Å². The number of aromatic hydroxyl groups is 1. The van der Waals surface area contributed by atoms with Crippen molar-refractivity contribution < 1.29 is 5.11 Å². The summed E-state index contributed by atoms with van der Waals surface area (Å²) in [4.78, 5) is 17.2. The molecule has 0 amide bonds. The van der Waals surface area contributed by atoms with E-state index in [-0.39, 0.29) is 22.8 Å². The van der Waals surface area contributed by atoms with Gasteiger partial charge in [-0.3, -0.25) is 9.78 Å². The van der Waals surface area contributed by atoms with Crippen LogP contribution >= 0.6 is 0 Å². The van der Waals surface area contributed by atoms with Crippen molar-refractivity contribution in [2.75, 3.05) is 0 Å². The molecule has 0 bridgehead atoms. The monoisotopic (exact) mass is 166 g/mol. The molecule has 0 aliphatic heterocycles. The molecular weight excluding hydrogens is 160 g/mol. The first-order chi connectivity index (χ1) is 5.70. The third-order valence-corrected chi connectivity index (χ3v) is 1.65. The quantitative estimate of drug-likeness (QED) is 0.549. The third kappa shape index (κ3) is 0.714. The minimum Gasteiger partial charge on any atom is -0.493 e. The Bertz CT molecular complexity index is 484. The maximum Gasteiger partial charge on any atom is 0.259 e. The highest BCUT2D eigenvalue weighted by Crippen LogP contribution is 2.09. The van der Waals surface area contributed by atoms with Crippen molar-refractivity contribution in [3.05, 3.63) is 22.2 Å². The number of nitrogens with zero attached hydrogens (tertiary/aromatic N) is 3. The van der Waals surface area contributed by atoms with Crippen molar-refractivity contribution in [1.29, 1.82) is 0 Å².